The van der Waals surface area contributed by atoms with Crippen LogP contribution in [0.2, 0.25) is 0 Å². The summed E-state index contributed by atoms with van der Waals surface area (Å²) in [5.41, 5.74) is -0.678. The number of likely N-dealkylation sites (tertiary alicyclic amines) is 1. The lowest BCUT2D eigenvalue weighted by molar-refractivity contribution is -0.156. The van der Waals surface area contributed by atoms with E-state index in [0.29, 0.717) is 13.0 Å². The molecule has 9 heteroatoms. The van der Waals surface area contributed by atoms with Crippen LogP contribution in [0.25, 0.3) is 0 Å². The molecular weight excluding hydrogens is 316 g/mol. The number of carboxylic acid groups (broad SMARTS) is 1. The van der Waals surface area contributed by atoms with Gasteiger partial charge >= 0.3 is 18.2 Å². The van der Waals surface area contributed by atoms with Crippen LogP contribution in [-0.2, 0) is 14.3 Å². The van der Waals surface area contributed by atoms with Crippen molar-refractivity contribution in [2.24, 2.45) is 0 Å². The zero-order valence-electron chi connectivity index (χ0n) is 12.9. The Morgan fingerprint density at radius 1 is 1.36 bits per heavy atom. The molecule has 0 bridgehead atoms. The average molecular weight is 337 g/mol. The van der Waals surface area contributed by atoms with E-state index in [1.54, 1.807) is 20.8 Å². The van der Waals surface area contributed by atoms with E-state index in [4.69, 9.17) is 21.4 Å². The number of halogens is 1. The van der Waals surface area contributed by atoms with Gasteiger partial charge < -0.3 is 19.5 Å². The second-order valence-corrected chi connectivity index (χ2v) is 6.12. The summed E-state index contributed by atoms with van der Waals surface area (Å²) in [6.45, 7) is 5.28. The lowest BCUT2D eigenvalue weighted by atomic mass is 10.0. The number of carbonyl (C=O) groups is 3. The van der Waals surface area contributed by atoms with E-state index < -0.39 is 23.8 Å². The Bertz CT molecular complexity index is 437. The van der Waals surface area contributed by atoms with Gasteiger partial charge in [0.05, 0.1) is 6.04 Å². The van der Waals surface area contributed by atoms with Gasteiger partial charge in [-0.2, -0.15) is 0 Å². The van der Waals surface area contributed by atoms with Crippen molar-refractivity contribution >= 4 is 29.8 Å². The molecule has 2 amide bonds. The number of rotatable bonds is 5. The van der Waals surface area contributed by atoms with Crippen molar-refractivity contribution in [1.29, 1.82) is 0 Å². The molecule has 1 aliphatic heterocycles. The highest BCUT2D eigenvalue weighted by Gasteiger charge is 2.35. The average Bonchev–Trinajstić information content (AvgIpc) is 2.29. The van der Waals surface area contributed by atoms with Gasteiger partial charge in [-0.25, -0.2) is 9.59 Å². The van der Waals surface area contributed by atoms with E-state index in [2.05, 4.69) is 4.74 Å². The highest BCUT2D eigenvalue weighted by Crippen LogP contribution is 2.19. The van der Waals surface area contributed by atoms with Crippen molar-refractivity contribution in [3.8, 4) is 0 Å². The fraction of sp³-hybridized carbons (Fsp3) is 0.769. The molecule has 1 N–H and O–H groups in total. The molecule has 0 saturated carbocycles. The molecule has 1 fully saturated rings. The largest absolute Gasteiger partial charge is 0.465 e. The second kappa shape index (κ2) is 7.53. The Morgan fingerprint density at radius 2 is 2.00 bits per heavy atom. The molecule has 1 rings (SSSR count). The minimum Gasteiger partial charge on any atom is -0.465 e. The first kappa shape index (κ1) is 18.3. The summed E-state index contributed by atoms with van der Waals surface area (Å²) in [5, 5.41) is 8.97. The summed E-state index contributed by atoms with van der Waals surface area (Å²) in [5.74, 6) is -0.597. The van der Waals surface area contributed by atoms with Gasteiger partial charge in [-0.3, -0.25) is 9.69 Å². The Kier molecular flexibility index (Phi) is 6.28. The highest BCUT2D eigenvalue weighted by atomic mass is 35.5. The van der Waals surface area contributed by atoms with E-state index in [1.165, 1.54) is 4.90 Å². The SMILES string of the molecule is CC(C)(C)OC(=O)CN(CC1CCN1C(=O)O)C(=O)OCCl. The molecule has 1 saturated heterocycles. The maximum Gasteiger partial charge on any atom is 0.411 e. The van der Waals surface area contributed by atoms with Crippen LogP contribution in [0.4, 0.5) is 9.59 Å². The van der Waals surface area contributed by atoms with Crippen LogP contribution in [0.5, 0.6) is 0 Å². The van der Waals surface area contributed by atoms with Crippen LogP contribution in [0.1, 0.15) is 27.2 Å². The molecule has 0 radical (unpaired) electrons. The first-order chi connectivity index (χ1) is 10.1. The summed E-state index contributed by atoms with van der Waals surface area (Å²) < 4.78 is 9.83. The number of amides is 2. The standard InChI is InChI=1S/C13H21ClN2O6/c1-13(2,3)22-10(17)7-15(12(20)21-8-14)6-9-4-5-16(9)11(18)19/h9H,4-8H2,1-3H3,(H,18,19). The number of hydrogen-bond donors (Lipinski definition) is 1. The lowest BCUT2D eigenvalue weighted by Crippen LogP contribution is -2.57. The fourth-order valence-electron chi connectivity index (χ4n) is 2.01. The van der Waals surface area contributed by atoms with Crippen molar-refractivity contribution in [3.05, 3.63) is 0 Å². The molecule has 0 aliphatic carbocycles. The first-order valence-corrected chi connectivity index (χ1v) is 7.36. The van der Waals surface area contributed by atoms with Crippen LogP contribution in [0.3, 0.4) is 0 Å². The van der Waals surface area contributed by atoms with Gasteiger partial charge in [0.2, 0.25) is 0 Å². The zero-order chi connectivity index (χ0) is 16.9. The van der Waals surface area contributed by atoms with Crippen LogP contribution >= 0.6 is 11.6 Å². The molecule has 22 heavy (non-hydrogen) atoms. The predicted molar refractivity (Wildman–Crippen MR) is 77.8 cm³/mol. The molecule has 1 heterocycles. The topological polar surface area (TPSA) is 96.4 Å². The van der Waals surface area contributed by atoms with Gasteiger partial charge in [0, 0.05) is 13.1 Å². The maximum atomic E-state index is 11.8. The molecule has 1 aliphatic rings. The molecular formula is C13H21ClN2O6. The summed E-state index contributed by atoms with van der Waals surface area (Å²) >= 11 is 5.36. The summed E-state index contributed by atoms with van der Waals surface area (Å²) in [6, 6.07) is -0.709. The van der Waals surface area contributed by atoms with E-state index in [0.717, 1.165) is 4.90 Å². The third kappa shape index (κ3) is 5.59. The Balaban J connectivity index is 2.66. The van der Waals surface area contributed by atoms with Crippen molar-refractivity contribution in [2.45, 2.75) is 38.8 Å². The molecule has 1 unspecified atom stereocenters. The number of nitrogens with zero attached hydrogens (tertiary/aromatic N) is 2. The van der Waals surface area contributed by atoms with Crippen molar-refractivity contribution in [2.75, 3.05) is 25.7 Å². The zero-order valence-corrected chi connectivity index (χ0v) is 13.6. The van der Waals surface area contributed by atoms with Gasteiger partial charge in [0.15, 0.2) is 6.07 Å². The van der Waals surface area contributed by atoms with Crippen LogP contribution in [0.15, 0.2) is 0 Å². The number of esters is 1. The van der Waals surface area contributed by atoms with Gasteiger partial charge in [0.1, 0.15) is 12.1 Å². The van der Waals surface area contributed by atoms with Gasteiger partial charge in [-0.05, 0) is 27.2 Å². The second-order valence-electron chi connectivity index (χ2n) is 5.90. The molecule has 0 aromatic carbocycles. The minimum absolute atomic E-state index is 0.0568. The molecule has 0 spiro atoms. The van der Waals surface area contributed by atoms with Gasteiger partial charge in [-0.15, -0.1) is 0 Å². The number of carbonyl (C=O) groups excluding carboxylic acids is 2. The maximum absolute atomic E-state index is 11.8. The molecule has 8 nitrogen and oxygen atoms in total. The van der Waals surface area contributed by atoms with Crippen molar-refractivity contribution in [3.63, 3.8) is 0 Å². The number of ether oxygens (including phenoxy) is 2. The summed E-state index contributed by atoms with van der Waals surface area (Å²) in [6.07, 6.45) is -1.22. The van der Waals surface area contributed by atoms with Crippen molar-refractivity contribution in [1.82, 2.24) is 9.80 Å². The predicted octanol–water partition coefficient (Wildman–Crippen LogP) is 1.72. The van der Waals surface area contributed by atoms with Gasteiger partial charge in [-0.1, -0.05) is 11.6 Å². The molecule has 0 aromatic heterocycles. The van der Waals surface area contributed by atoms with E-state index in [-0.39, 0.29) is 25.2 Å². The number of alkyl halides is 1. The Hall–Kier alpha value is -1.70. The smallest absolute Gasteiger partial charge is 0.411 e. The Morgan fingerprint density at radius 3 is 2.41 bits per heavy atom. The van der Waals surface area contributed by atoms with Crippen LogP contribution in [0, 0.1) is 0 Å². The minimum atomic E-state index is -1.06. The van der Waals surface area contributed by atoms with Crippen LogP contribution in [-0.4, -0.2) is 70.4 Å². The number of hydrogen-bond acceptors (Lipinski definition) is 5. The first-order valence-electron chi connectivity index (χ1n) is 6.83. The third-order valence-electron chi connectivity index (χ3n) is 3.00. The molecule has 126 valence electrons. The monoisotopic (exact) mass is 336 g/mol. The fourth-order valence-corrected chi connectivity index (χ4v) is 2.10. The molecule has 0 aromatic rings. The lowest BCUT2D eigenvalue weighted by Gasteiger charge is -2.41. The van der Waals surface area contributed by atoms with Crippen LogP contribution < -0.4 is 0 Å². The van der Waals surface area contributed by atoms with E-state index in [9.17, 15) is 14.4 Å². The van der Waals surface area contributed by atoms with Crippen molar-refractivity contribution < 1.29 is 29.0 Å². The third-order valence-corrected chi connectivity index (χ3v) is 3.11. The normalized spacial score (nSPS) is 17.5. The summed E-state index contributed by atoms with van der Waals surface area (Å²) in [4.78, 5) is 37.0. The summed E-state index contributed by atoms with van der Waals surface area (Å²) in [7, 11) is 0. The van der Waals surface area contributed by atoms with E-state index >= 15 is 0 Å². The quantitative estimate of drug-likeness (QED) is 0.606. The Labute approximate surface area is 133 Å². The van der Waals surface area contributed by atoms with E-state index in [1.807, 2.05) is 0 Å². The highest BCUT2D eigenvalue weighted by molar-refractivity contribution is 6.17. The van der Waals surface area contributed by atoms with Gasteiger partial charge in [0.25, 0.3) is 0 Å². The molecule has 1 atom stereocenters.